The standard InChI is InChI=1S/C15H25N3O3/c1-15(13(19)20)5-9-18(11-15)14(21)17-8-3-7-16-6-2-4-12(16)10-17/h12H,2-11H2,1H3,(H,19,20). The van der Waals surface area contributed by atoms with Gasteiger partial charge in [0.15, 0.2) is 0 Å². The molecule has 3 aliphatic heterocycles. The zero-order valence-corrected chi connectivity index (χ0v) is 12.8. The molecule has 2 amide bonds. The van der Waals surface area contributed by atoms with Crippen molar-refractivity contribution in [3.8, 4) is 0 Å². The molecule has 0 spiro atoms. The van der Waals surface area contributed by atoms with Crippen molar-refractivity contribution in [1.29, 1.82) is 0 Å². The Kier molecular flexibility index (Phi) is 3.82. The van der Waals surface area contributed by atoms with Crippen LogP contribution in [-0.2, 0) is 4.79 Å². The quantitative estimate of drug-likeness (QED) is 0.786. The van der Waals surface area contributed by atoms with E-state index in [-0.39, 0.29) is 6.03 Å². The molecule has 0 radical (unpaired) electrons. The molecule has 6 nitrogen and oxygen atoms in total. The van der Waals surface area contributed by atoms with Crippen LogP contribution in [-0.4, -0.2) is 77.1 Å². The van der Waals surface area contributed by atoms with Crippen molar-refractivity contribution in [2.75, 3.05) is 39.3 Å². The molecule has 118 valence electrons. The van der Waals surface area contributed by atoms with Gasteiger partial charge in [-0.25, -0.2) is 4.79 Å². The fourth-order valence-corrected chi connectivity index (χ4v) is 3.88. The van der Waals surface area contributed by atoms with Crippen molar-refractivity contribution in [1.82, 2.24) is 14.7 Å². The Labute approximate surface area is 125 Å². The molecule has 0 bridgehead atoms. The minimum Gasteiger partial charge on any atom is -0.481 e. The van der Waals surface area contributed by atoms with E-state index in [1.165, 1.54) is 12.8 Å². The molecule has 3 heterocycles. The number of carbonyl (C=O) groups is 2. The van der Waals surface area contributed by atoms with Crippen LogP contribution in [0.25, 0.3) is 0 Å². The summed E-state index contributed by atoms with van der Waals surface area (Å²) in [5.41, 5.74) is -0.777. The number of likely N-dealkylation sites (tertiary alicyclic amines) is 1. The number of fused-ring (bicyclic) bond motifs is 1. The first kappa shape index (κ1) is 14.6. The summed E-state index contributed by atoms with van der Waals surface area (Å²) in [5.74, 6) is -0.796. The van der Waals surface area contributed by atoms with Crippen LogP contribution < -0.4 is 0 Å². The summed E-state index contributed by atoms with van der Waals surface area (Å²) >= 11 is 0. The maximum absolute atomic E-state index is 12.7. The Morgan fingerprint density at radius 2 is 1.86 bits per heavy atom. The van der Waals surface area contributed by atoms with Crippen LogP contribution in [0.1, 0.15) is 32.6 Å². The van der Waals surface area contributed by atoms with Crippen LogP contribution in [0.5, 0.6) is 0 Å². The Balaban J connectivity index is 1.64. The molecule has 21 heavy (non-hydrogen) atoms. The summed E-state index contributed by atoms with van der Waals surface area (Å²) in [4.78, 5) is 30.2. The molecule has 0 aliphatic carbocycles. The van der Waals surface area contributed by atoms with Crippen molar-refractivity contribution < 1.29 is 14.7 Å². The normalized spacial score (nSPS) is 33.9. The van der Waals surface area contributed by atoms with Gasteiger partial charge in [0.2, 0.25) is 0 Å². The van der Waals surface area contributed by atoms with Gasteiger partial charge in [-0.2, -0.15) is 0 Å². The molecule has 0 aromatic heterocycles. The Hall–Kier alpha value is -1.30. The van der Waals surface area contributed by atoms with Gasteiger partial charge < -0.3 is 14.9 Å². The molecule has 1 N–H and O–H groups in total. The van der Waals surface area contributed by atoms with E-state index < -0.39 is 11.4 Å². The highest BCUT2D eigenvalue weighted by atomic mass is 16.4. The van der Waals surface area contributed by atoms with E-state index in [4.69, 9.17) is 0 Å². The smallest absolute Gasteiger partial charge is 0.320 e. The number of hydrogen-bond acceptors (Lipinski definition) is 3. The Morgan fingerprint density at radius 1 is 1.10 bits per heavy atom. The number of carboxylic acids is 1. The highest BCUT2D eigenvalue weighted by molar-refractivity contribution is 5.79. The van der Waals surface area contributed by atoms with Gasteiger partial charge in [0.25, 0.3) is 0 Å². The second kappa shape index (κ2) is 5.48. The van der Waals surface area contributed by atoms with Gasteiger partial charge in [0, 0.05) is 38.8 Å². The van der Waals surface area contributed by atoms with Gasteiger partial charge in [0.05, 0.1) is 5.41 Å². The maximum atomic E-state index is 12.7. The van der Waals surface area contributed by atoms with Crippen molar-refractivity contribution in [2.45, 2.75) is 38.6 Å². The molecule has 3 aliphatic rings. The van der Waals surface area contributed by atoms with Crippen LogP contribution >= 0.6 is 0 Å². The van der Waals surface area contributed by atoms with E-state index in [0.29, 0.717) is 25.6 Å². The largest absolute Gasteiger partial charge is 0.481 e. The molecule has 0 aromatic carbocycles. The zero-order chi connectivity index (χ0) is 15.0. The minimum absolute atomic E-state index is 0.0359. The lowest BCUT2D eigenvalue weighted by Crippen LogP contribution is -2.46. The monoisotopic (exact) mass is 295 g/mol. The van der Waals surface area contributed by atoms with Gasteiger partial charge in [0.1, 0.15) is 0 Å². The summed E-state index contributed by atoms with van der Waals surface area (Å²) < 4.78 is 0. The van der Waals surface area contributed by atoms with Gasteiger partial charge in [-0.1, -0.05) is 0 Å². The molecule has 3 fully saturated rings. The molecule has 2 unspecified atom stereocenters. The van der Waals surface area contributed by atoms with Gasteiger partial charge in [-0.05, 0) is 39.2 Å². The van der Waals surface area contributed by atoms with Crippen LogP contribution in [0.4, 0.5) is 4.79 Å². The number of carbonyl (C=O) groups excluding carboxylic acids is 1. The second-order valence-electron chi connectivity index (χ2n) is 6.95. The summed E-state index contributed by atoms with van der Waals surface area (Å²) in [6.07, 6.45) is 3.98. The number of carboxylic acid groups (broad SMARTS) is 1. The number of amides is 2. The molecular formula is C15H25N3O3. The summed E-state index contributed by atoms with van der Waals surface area (Å²) in [6.45, 7) is 6.49. The first-order valence-corrected chi connectivity index (χ1v) is 8.01. The third-order valence-corrected chi connectivity index (χ3v) is 5.33. The lowest BCUT2D eigenvalue weighted by Gasteiger charge is -2.30. The molecule has 3 saturated heterocycles. The lowest BCUT2D eigenvalue weighted by atomic mass is 9.90. The molecule has 6 heteroatoms. The molecular weight excluding hydrogens is 270 g/mol. The Bertz CT molecular complexity index is 442. The number of rotatable bonds is 1. The highest BCUT2D eigenvalue weighted by Crippen LogP contribution is 2.31. The van der Waals surface area contributed by atoms with Crippen LogP contribution in [0.2, 0.25) is 0 Å². The molecule has 3 rings (SSSR count). The number of urea groups is 1. The first-order valence-electron chi connectivity index (χ1n) is 8.01. The van der Waals surface area contributed by atoms with Crippen molar-refractivity contribution >= 4 is 12.0 Å². The van der Waals surface area contributed by atoms with Crippen LogP contribution in [0.15, 0.2) is 0 Å². The predicted octanol–water partition coefficient (Wildman–Crippen LogP) is 1.07. The number of nitrogens with zero attached hydrogens (tertiary/aromatic N) is 3. The SMILES string of the molecule is CC1(C(=O)O)CCN(C(=O)N2CCCN3CCCC3C2)C1. The maximum Gasteiger partial charge on any atom is 0.320 e. The van der Waals surface area contributed by atoms with E-state index in [2.05, 4.69) is 4.90 Å². The third kappa shape index (κ3) is 2.73. The average molecular weight is 295 g/mol. The van der Waals surface area contributed by atoms with E-state index >= 15 is 0 Å². The van der Waals surface area contributed by atoms with Crippen LogP contribution in [0.3, 0.4) is 0 Å². The molecule has 0 aromatic rings. The third-order valence-electron chi connectivity index (χ3n) is 5.33. The molecule has 0 saturated carbocycles. The fraction of sp³-hybridized carbons (Fsp3) is 0.867. The summed E-state index contributed by atoms with van der Waals surface area (Å²) in [6, 6.07) is 0.540. The van der Waals surface area contributed by atoms with Crippen LogP contribution in [0, 0.1) is 5.41 Å². The zero-order valence-electron chi connectivity index (χ0n) is 12.8. The fourth-order valence-electron chi connectivity index (χ4n) is 3.88. The first-order chi connectivity index (χ1) is 9.99. The van der Waals surface area contributed by atoms with E-state index in [1.807, 2.05) is 4.90 Å². The average Bonchev–Trinajstić information content (AvgIpc) is 3.01. The van der Waals surface area contributed by atoms with Gasteiger partial charge >= 0.3 is 12.0 Å². The molecule has 2 atom stereocenters. The van der Waals surface area contributed by atoms with E-state index in [1.54, 1.807) is 11.8 Å². The Morgan fingerprint density at radius 3 is 2.57 bits per heavy atom. The number of hydrogen-bond donors (Lipinski definition) is 1. The van der Waals surface area contributed by atoms with Gasteiger partial charge in [-0.3, -0.25) is 9.69 Å². The second-order valence-corrected chi connectivity index (χ2v) is 6.95. The predicted molar refractivity (Wildman–Crippen MR) is 78.1 cm³/mol. The topological polar surface area (TPSA) is 64.1 Å². The lowest BCUT2D eigenvalue weighted by molar-refractivity contribution is -0.147. The van der Waals surface area contributed by atoms with Crippen molar-refractivity contribution in [3.63, 3.8) is 0 Å². The minimum atomic E-state index is -0.796. The van der Waals surface area contributed by atoms with Crippen molar-refractivity contribution in [2.24, 2.45) is 5.41 Å². The highest BCUT2D eigenvalue weighted by Gasteiger charge is 2.43. The number of aliphatic carboxylic acids is 1. The summed E-state index contributed by atoms with van der Waals surface area (Å²) in [7, 11) is 0. The van der Waals surface area contributed by atoms with E-state index in [9.17, 15) is 14.7 Å². The summed E-state index contributed by atoms with van der Waals surface area (Å²) in [5, 5.41) is 9.29. The van der Waals surface area contributed by atoms with E-state index in [0.717, 1.165) is 32.6 Å². The van der Waals surface area contributed by atoms with Crippen molar-refractivity contribution in [3.05, 3.63) is 0 Å². The van der Waals surface area contributed by atoms with Gasteiger partial charge in [-0.15, -0.1) is 0 Å².